The number of likely N-dealkylation sites (tertiary alicyclic amines) is 1. The molecular formula is C15H23N3O. The minimum Gasteiger partial charge on any atom is -0.332 e. The first kappa shape index (κ1) is 12.7. The lowest BCUT2D eigenvalue weighted by Crippen LogP contribution is -2.38. The zero-order valence-electron chi connectivity index (χ0n) is 12.3. The molecule has 0 N–H and O–H groups in total. The van der Waals surface area contributed by atoms with Gasteiger partial charge in [-0.05, 0) is 30.1 Å². The smallest absolute Gasteiger partial charge is 0.290 e. The van der Waals surface area contributed by atoms with E-state index in [1.165, 1.54) is 6.42 Å². The van der Waals surface area contributed by atoms with Crippen molar-refractivity contribution in [3.05, 3.63) is 18.2 Å². The molecule has 2 atom stereocenters. The van der Waals surface area contributed by atoms with Crippen LogP contribution in [0.1, 0.15) is 50.7 Å². The van der Waals surface area contributed by atoms with E-state index in [4.69, 9.17) is 0 Å². The molecule has 2 heterocycles. The van der Waals surface area contributed by atoms with Crippen molar-refractivity contribution >= 4 is 5.91 Å². The van der Waals surface area contributed by atoms with Crippen molar-refractivity contribution in [3.63, 3.8) is 0 Å². The van der Waals surface area contributed by atoms with E-state index in [-0.39, 0.29) is 11.3 Å². The predicted octanol–water partition coefficient (Wildman–Crippen LogP) is 2.46. The molecule has 3 rings (SSSR count). The van der Waals surface area contributed by atoms with Gasteiger partial charge in [0.15, 0.2) is 5.82 Å². The Hall–Kier alpha value is -1.32. The third kappa shape index (κ3) is 2.07. The number of rotatable bonds is 1. The minimum absolute atomic E-state index is 0.0962. The highest BCUT2D eigenvalue weighted by Gasteiger charge is 2.51. The Morgan fingerprint density at radius 2 is 2.11 bits per heavy atom. The van der Waals surface area contributed by atoms with Crippen LogP contribution in [-0.2, 0) is 7.05 Å². The fourth-order valence-corrected chi connectivity index (χ4v) is 4.40. The van der Waals surface area contributed by atoms with Crippen LogP contribution in [0.5, 0.6) is 0 Å². The molecular weight excluding hydrogens is 238 g/mol. The van der Waals surface area contributed by atoms with E-state index in [0.29, 0.717) is 17.3 Å². The van der Waals surface area contributed by atoms with Crippen molar-refractivity contribution < 1.29 is 4.79 Å². The molecule has 1 aliphatic heterocycles. The molecule has 1 saturated heterocycles. The maximum Gasteiger partial charge on any atom is 0.290 e. The van der Waals surface area contributed by atoms with Crippen molar-refractivity contribution in [2.24, 2.45) is 17.9 Å². The van der Waals surface area contributed by atoms with Gasteiger partial charge in [0.1, 0.15) is 0 Å². The number of imidazole rings is 1. The van der Waals surface area contributed by atoms with Crippen LogP contribution in [0.25, 0.3) is 0 Å². The Balaban J connectivity index is 1.88. The molecule has 104 valence electrons. The Kier molecular flexibility index (Phi) is 2.57. The SMILES string of the molecule is Cn1ccnc1C(=O)N1C[C@]2(C)C[C@H]1CC(C)(C)C2. The van der Waals surface area contributed by atoms with Gasteiger partial charge in [-0.25, -0.2) is 4.98 Å². The quantitative estimate of drug-likeness (QED) is 0.779. The van der Waals surface area contributed by atoms with Gasteiger partial charge in [0.05, 0.1) is 0 Å². The number of carbonyl (C=O) groups is 1. The van der Waals surface area contributed by atoms with Crippen molar-refractivity contribution in [1.82, 2.24) is 14.5 Å². The zero-order valence-corrected chi connectivity index (χ0v) is 12.3. The summed E-state index contributed by atoms with van der Waals surface area (Å²) in [6, 6.07) is 0.387. The lowest BCUT2D eigenvalue weighted by atomic mass is 9.65. The standard InChI is InChI=1S/C15H23N3O/c1-14(2)7-11-8-15(3,9-14)10-18(11)13(19)12-16-5-6-17(12)4/h5-6,11H,7-10H2,1-4H3/t11-,15-/m1/s1. The molecule has 1 aromatic rings. The van der Waals surface area contributed by atoms with Crippen LogP contribution in [0.3, 0.4) is 0 Å². The van der Waals surface area contributed by atoms with Gasteiger partial charge in [-0.15, -0.1) is 0 Å². The maximum absolute atomic E-state index is 12.7. The number of hydrogen-bond donors (Lipinski definition) is 0. The second-order valence-electron chi connectivity index (χ2n) is 7.51. The van der Waals surface area contributed by atoms with Crippen LogP contribution in [-0.4, -0.2) is 32.9 Å². The topological polar surface area (TPSA) is 38.1 Å². The summed E-state index contributed by atoms with van der Waals surface area (Å²) in [5.41, 5.74) is 0.627. The predicted molar refractivity (Wildman–Crippen MR) is 73.8 cm³/mol. The number of aryl methyl sites for hydroxylation is 1. The van der Waals surface area contributed by atoms with Gasteiger partial charge in [0.2, 0.25) is 0 Å². The van der Waals surface area contributed by atoms with E-state index in [9.17, 15) is 4.79 Å². The van der Waals surface area contributed by atoms with Crippen LogP contribution in [0, 0.1) is 10.8 Å². The van der Waals surface area contributed by atoms with Gasteiger partial charge >= 0.3 is 0 Å². The number of carbonyl (C=O) groups excluding carboxylic acids is 1. The summed E-state index contributed by atoms with van der Waals surface area (Å²) in [4.78, 5) is 18.9. The first-order chi connectivity index (χ1) is 8.80. The van der Waals surface area contributed by atoms with E-state index in [1.807, 2.05) is 17.8 Å². The average molecular weight is 261 g/mol. The monoisotopic (exact) mass is 261 g/mol. The number of fused-ring (bicyclic) bond motifs is 2. The summed E-state index contributed by atoms with van der Waals surface area (Å²) in [6.07, 6.45) is 6.99. The fourth-order valence-electron chi connectivity index (χ4n) is 4.40. The molecule has 4 heteroatoms. The summed E-state index contributed by atoms with van der Waals surface area (Å²) in [7, 11) is 1.88. The van der Waals surface area contributed by atoms with Crippen molar-refractivity contribution in [1.29, 1.82) is 0 Å². The summed E-state index contributed by atoms with van der Waals surface area (Å²) >= 11 is 0. The number of aromatic nitrogens is 2. The van der Waals surface area contributed by atoms with Crippen molar-refractivity contribution in [2.75, 3.05) is 6.54 Å². The second kappa shape index (κ2) is 3.84. The number of hydrogen-bond acceptors (Lipinski definition) is 2. The Morgan fingerprint density at radius 1 is 1.37 bits per heavy atom. The molecule has 0 spiro atoms. The Labute approximate surface area is 114 Å². The number of amides is 1. The number of nitrogens with zero attached hydrogens (tertiary/aromatic N) is 3. The Morgan fingerprint density at radius 3 is 2.74 bits per heavy atom. The van der Waals surface area contributed by atoms with Gasteiger partial charge in [0, 0.05) is 32.0 Å². The maximum atomic E-state index is 12.7. The normalized spacial score (nSPS) is 32.6. The highest BCUT2D eigenvalue weighted by Crippen LogP contribution is 2.52. The molecule has 1 aromatic heterocycles. The third-order valence-corrected chi connectivity index (χ3v) is 4.69. The molecule has 1 aliphatic carbocycles. The van der Waals surface area contributed by atoms with Gasteiger partial charge in [-0.2, -0.15) is 0 Å². The molecule has 4 nitrogen and oxygen atoms in total. The van der Waals surface area contributed by atoms with Gasteiger partial charge < -0.3 is 9.47 Å². The van der Waals surface area contributed by atoms with E-state index >= 15 is 0 Å². The van der Waals surface area contributed by atoms with Crippen LogP contribution in [0.15, 0.2) is 12.4 Å². The molecule has 1 saturated carbocycles. The molecule has 1 amide bonds. The van der Waals surface area contributed by atoms with E-state index in [2.05, 4.69) is 30.7 Å². The van der Waals surface area contributed by atoms with Crippen LogP contribution in [0.4, 0.5) is 0 Å². The van der Waals surface area contributed by atoms with E-state index in [1.54, 1.807) is 6.20 Å². The van der Waals surface area contributed by atoms with Gasteiger partial charge in [-0.1, -0.05) is 20.8 Å². The van der Waals surface area contributed by atoms with Gasteiger partial charge in [-0.3, -0.25) is 4.79 Å². The zero-order chi connectivity index (χ0) is 13.8. The lowest BCUT2D eigenvalue weighted by molar-refractivity contribution is 0.0692. The first-order valence-corrected chi connectivity index (χ1v) is 7.08. The lowest BCUT2D eigenvalue weighted by Gasteiger charge is -2.39. The minimum atomic E-state index is 0.0962. The van der Waals surface area contributed by atoms with Crippen LogP contribution < -0.4 is 0 Å². The highest BCUT2D eigenvalue weighted by molar-refractivity contribution is 5.91. The van der Waals surface area contributed by atoms with Crippen molar-refractivity contribution in [2.45, 2.75) is 46.1 Å². The molecule has 2 fully saturated rings. The highest BCUT2D eigenvalue weighted by atomic mass is 16.2. The molecule has 0 unspecified atom stereocenters. The molecule has 2 bridgehead atoms. The van der Waals surface area contributed by atoms with E-state index < -0.39 is 0 Å². The summed E-state index contributed by atoms with van der Waals surface area (Å²) in [5.74, 6) is 0.660. The van der Waals surface area contributed by atoms with E-state index in [0.717, 1.165) is 19.4 Å². The molecule has 2 aliphatic rings. The summed E-state index contributed by atoms with van der Waals surface area (Å²) < 4.78 is 1.82. The summed E-state index contributed by atoms with van der Waals surface area (Å²) in [5, 5.41) is 0. The molecule has 0 aromatic carbocycles. The van der Waals surface area contributed by atoms with Crippen molar-refractivity contribution in [3.8, 4) is 0 Å². The van der Waals surface area contributed by atoms with Gasteiger partial charge in [0.25, 0.3) is 5.91 Å². The fraction of sp³-hybridized carbons (Fsp3) is 0.733. The summed E-state index contributed by atoms with van der Waals surface area (Å²) in [6.45, 7) is 7.86. The van der Waals surface area contributed by atoms with Crippen LogP contribution >= 0.6 is 0 Å². The Bertz CT molecular complexity index is 519. The third-order valence-electron chi connectivity index (χ3n) is 4.69. The first-order valence-electron chi connectivity index (χ1n) is 7.08. The second-order valence-corrected chi connectivity index (χ2v) is 7.51. The largest absolute Gasteiger partial charge is 0.332 e. The molecule has 0 radical (unpaired) electrons. The molecule has 19 heavy (non-hydrogen) atoms. The average Bonchev–Trinajstić information content (AvgIpc) is 2.78. The van der Waals surface area contributed by atoms with Crippen LogP contribution in [0.2, 0.25) is 0 Å².